The fraction of sp³-hybridized carbons (Fsp3) is 1.00. The Bertz CT molecular complexity index is 209. The molecule has 0 bridgehead atoms. The molecule has 2 heterocycles. The summed E-state index contributed by atoms with van der Waals surface area (Å²) < 4.78 is 0. The van der Waals surface area contributed by atoms with E-state index in [1.165, 1.54) is 58.3 Å². The van der Waals surface area contributed by atoms with Crippen LogP contribution in [0.15, 0.2) is 0 Å². The zero-order valence-corrected chi connectivity index (χ0v) is 11.3. The third-order valence-corrected chi connectivity index (χ3v) is 5.12. The first kappa shape index (κ1) is 12.4. The van der Waals surface area contributed by atoms with Gasteiger partial charge in [0.1, 0.15) is 0 Å². The molecule has 0 aromatic rings. The van der Waals surface area contributed by atoms with Crippen molar-refractivity contribution in [2.75, 3.05) is 33.2 Å². The van der Waals surface area contributed by atoms with Gasteiger partial charge < -0.3 is 9.80 Å². The summed E-state index contributed by atoms with van der Waals surface area (Å²) in [7, 11) is 2.27. The van der Waals surface area contributed by atoms with Crippen LogP contribution in [-0.4, -0.2) is 49.1 Å². The van der Waals surface area contributed by atoms with Crippen LogP contribution in [0.4, 0.5) is 0 Å². The van der Waals surface area contributed by atoms with Gasteiger partial charge in [-0.2, -0.15) is 0 Å². The molecule has 1 unspecified atom stereocenters. The van der Waals surface area contributed by atoms with Gasteiger partial charge in [-0.05, 0) is 77.7 Å². The molecule has 0 aromatic carbocycles. The molecule has 0 saturated carbocycles. The lowest BCUT2D eigenvalue weighted by Crippen LogP contribution is -2.48. The van der Waals surface area contributed by atoms with Gasteiger partial charge in [0.05, 0.1) is 0 Å². The van der Waals surface area contributed by atoms with E-state index in [4.69, 9.17) is 0 Å². The molecule has 0 N–H and O–H groups in total. The van der Waals surface area contributed by atoms with Crippen molar-refractivity contribution < 1.29 is 0 Å². The lowest BCUT2D eigenvalue weighted by molar-refractivity contribution is 0.0285. The van der Waals surface area contributed by atoms with Crippen molar-refractivity contribution in [3.05, 3.63) is 0 Å². The molecule has 2 nitrogen and oxygen atoms in total. The average molecular weight is 224 g/mol. The normalized spacial score (nSPS) is 29.4. The first-order valence-corrected chi connectivity index (χ1v) is 7.08. The summed E-state index contributed by atoms with van der Waals surface area (Å²) in [5.41, 5.74) is 0.719. The highest BCUT2D eigenvalue weighted by Crippen LogP contribution is 2.41. The topological polar surface area (TPSA) is 6.48 Å². The Hall–Kier alpha value is -0.0800. The summed E-state index contributed by atoms with van der Waals surface area (Å²) in [6, 6.07) is 0.795. The molecule has 0 radical (unpaired) electrons. The van der Waals surface area contributed by atoms with E-state index in [0.717, 1.165) is 11.5 Å². The van der Waals surface area contributed by atoms with Crippen LogP contribution in [0.5, 0.6) is 0 Å². The summed E-state index contributed by atoms with van der Waals surface area (Å²) in [6.07, 6.45) is 7.09. The SMILES string of the molecule is CCC(C)N1CCC2(CCN(C)CC2)CC1. The minimum atomic E-state index is 0.719. The van der Waals surface area contributed by atoms with Crippen molar-refractivity contribution in [3.8, 4) is 0 Å². The van der Waals surface area contributed by atoms with E-state index in [9.17, 15) is 0 Å². The van der Waals surface area contributed by atoms with E-state index in [-0.39, 0.29) is 0 Å². The maximum atomic E-state index is 2.70. The molecule has 2 saturated heterocycles. The second-order valence-corrected chi connectivity index (χ2v) is 6.10. The molecular formula is C14H28N2. The van der Waals surface area contributed by atoms with Gasteiger partial charge in [-0.15, -0.1) is 0 Å². The van der Waals surface area contributed by atoms with Crippen molar-refractivity contribution in [2.24, 2.45) is 5.41 Å². The minimum Gasteiger partial charge on any atom is -0.306 e. The summed E-state index contributed by atoms with van der Waals surface area (Å²) in [5, 5.41) is 0. The lowest BCUT2D eigenvalue weighted by Gasteiger charge is -2.47. The van der Waals surface area contributed by atoms with Gasteiger partial charge in [0, 0.05) is 6.04 Å². The second kappa shape index (κ2) is 5.05. The van der Waals surface area contributed by atoms with E-state index >= 15 is 0 Å². The van der Waals surface area contributed by atoms with Crippen molar-refractivity contribution >= 4 is 0 Å². The molecule has 16 heavy (non-hydrogen) atoms. The molecule has 0 amide bonds. The van der Waals surface area contributed by atoms with Crippen LogP contribution in [0.3, 0.4) is 0 Å². The molecule has 0 aliphatic carbocycles. The summed E-state index contributed by atoms with van der Waals surface area (Å²) in [5.74, 6) is 0. The molecule has 1 spiro atoms. The molecule has 2 aliphatic heterocycles. The first-order chi connectivity index (χ1) is 7.65. The maximum Gasteiger partial charge on any atom is 0.00643 e. The summed E-state index contributed by atoms with van der Waals surface area (Å²) in [4.78, 5) is 5.19. The van der Waals surface area contributed by atoms with Crippen LogP contribution in [0, 0.1) is 5.41 Å². The van der Waals surface area contributed by atoms with Crippen LogP contribution in [0.25, 0.3) is 0 Å². The highest BCUT2D eigenvalue weighted by atomic mass is 15.2. The second-order valence-electron chi connectivity index (χ2n) is 6.10. The predicted octanol–water partition coefficient (Wildman–Crippen LogP) is 2.59. The number of nitrogens with zero attached hydrogens (tertiary/aromatic N) is 2. The summed E-state index contributed by atoms with van der Waals surface area (Å²) >= 11 is 0. The quantitative estimate of drug-likeness (QED) is 0.711. The molecule has 2 heteroatoms. The third kappa shape index (κ3) is 2.60. The Morgan fingerprint density at radius 1 is 1.00 bits per heavy atom. The van der Waals surface area contributed by atoms with Gasteiger partial charge >= 0.3 is 0 Å². The lowest BCUT2D eigenvalue weighted by atomic mass is 9.71. The number of hydrogen-bond donors (Lipinski definition) is 0. The largest absolute Gasteiger partial charge is 0.306 e. The van der Waals surface area contributed by atoms with Crippen molar-refractivity contribution in [3.63, 3.8) is 0 Å². The van der Waals surface area contributed by atoms with Gasteiger partial charge in [0.2, 0.25) is 0 Å². The van der Waals surface area contributed by atoms with E-state index in [1.807, 2.05) is 0 Å². The van der Waals surface area contributed by atoms with Crippen molar-refractivity contribution in [1.29, 1.82) is 0 Å². The Labute approximate surface area is 101 Å². The Kier molecular flexibility index (Phi) is 3.91. The Morgan fingerprint density at radius 3 is 2.00 bits per heavy atom. The van der Waals surface area contributed by atoms with Gasteiger partial charge in [-0.3, -0.25) is 0 Å². The molecule has 2 rings (SSSR count). The number of hydrogen-bond acceptors (Lipinski definition) is 2. The van der Waals surface area contributed by atoms with E-state index in [0.29, 0.717) is 0 Å². The van der Waals surface area contributed by atoms with Crippen LogP contribution in [0.2, 0.25) is 0 Å². The standard InChI is InChI=1S/C14H28N2/c1-4-13(2)16-11-7-14(8-12-16)5-9-15(3)10-6-14/h13H,4-12H2,1-3H3. The fourth-order valence-electron chi connectivity index (χ4n) is 3.29. The molecule has 2 aliphatic rings. The van der Waals surface area contributed by atoms with Gasteiger partial charge in [0.25, 0.3) is 0 Å². The van der Waals surface area contributed by atoms with Gasteiger partial charge in [-0.25, -0.2) is 0 Å². The third-order valence-electron chi connectivity index (χ3n) is 5.12. The number of piperidine rings is 2. The molecule has 0 aromatic heterocycles. The molecule has 94 valence electrons. The van der Waals surface area contributed by atoms with Gasteiger partial charge in [0.15, 0.2) is 0 Å². The first-order valence-electron chi connectivity index (χ1n) is 7.08. The zero-order chi connectivity index (χ0) is 11.6. The van der Waals surface area contributed by atoms with Crippen LogP contribution >= 0.6 is 0 Å². The van der Waals surface area contributed by atoms with Gasteiger partial charge in [-0.1, -0.05) is 6.92 Å². The molecule has 2 fully saturated rings. The highest BCUT2D eigenvalue weighted by Gasteiger charge is 2.37. The monoisotopic (exact) mass is 224 g/mol. The van der Waals surface area contributed by atoms with Crippen LogP contribution < -0.4 is 0 Å². The number of rotatable bonds is 2. The van der Waals surface area contributed by atoms with Crippen LogP contribution in [-0.2, 0) is 0 Å². The van der Waals surface area contributed by atoms with Crippen molar-refractivity contribution in [2.45, 2.75) is 52.0 Å². The number of likely N-dealkylation sites (tertiary alicyclic amines) is 2. The average Bonchev–Trinajstić information content (AvgIpc) is 2.33. The summed E-state index contributed by atoms with van der Waals surface area (Å²) in [6.45, 7) is 10.0. The van der Waals surface area contributed by atoms with E-state index < -0.39 is 0 Å². The molecular weight excluding hydrogens is 196 g/mol. The molecule has 1 atom stereocenters. The zero-order valence-electron chi connectivity index (χ0n) is 11.3. The maximum absolute atomic E-state index is 2.70. The predicted molar refractivity (Wildman–Crippen MR) is 69.7 cm³/mol. The van der Waals surface area contributed by atoms with Crippen LogP contribution in [0.1, 0.15) is 46.0 Å². The van der Waals surface area contributed by atoms with E-state index in [1.54, 1.807) is 0 Å². The van der Waals surface area contributed by atoms with E-state index in [2.05, 4.69) is 30.7 Å². The minimum absolute atomic E-state index is 0.719. The smallest absolute Gasteiger partial charge is 0.00643 e. The fourth-order valence-corrected chi connectivity index (χ4v) is 3.29. The Morgan fingerprint density at radius 2 is 1.50 bits per heavy atom. The Balaban J connectivity index is 1.84. The van der Waals surface area contributed by atoms with Crippen molar-refractivity contribution in [1.82, 2.24) is 9.80 Å². The highest BCUT2D eigenvalue weighted by molar-refractivity contribution is 4.90.